The molecule has 4 nitrogen and oxygen atoms in total. The van der Waals surface area contributed by atoms with E-state index < -0.39 is 73.9 Å². The number of hydrogen-bond donors (Lipinski definition) is 1. The van der Waals surface area contributed by atoms with Gasteiger partial charge in [-0.25, -0.2) is 0 Å². The maximum Gasteiger partial charge on any atom is 0.160 e. The first-order valence-electron chi connectivity index (χ1n) is 14.5. The molecule has 2 rings (SSSR count). The van der Waals surface area contributed by atoms with Crippen LogP contribution >= 0.6 is 0 Å². The van der Waals surface area contributed by atoms with Gasteiger partial charge in [-0.2, -0.15) is 0 Å². The van der Waals surface area contributed by atoms with E-state index in [0.717, 1.165) is 7.11 Å². The first-order chi connectivity index (χ1) is 17.7. The maximum atomic E-state index is 10.6. The number of benzene rings is 2. The van der Waals surface area contributed by atoms with E-state index in [9.17, 15) is 5.11 Å². The molecule has 4 heteroatoms. The van der Waals surface area contributed by atoms with Crippen LogP contribution in [-0.2, 0) is 6.42 Å². The summed E-state index contributed by atoms with van der Waals surface area (Å²) in [6.45, 7) is -0.0983. The quantitative estimate of drug-likeness (QED) is 0.669. The van der Waals surface area contributed by atoms with Crippen molar-refractivity contribution >= 4 is 0 Å². The van der Waals surface area contributed by atoms with Crippen LogP contribution in [-0.4, -0.2) is 31.9 Å². The van der Waals surface area contributed by atoms with E-state index in [1.54, 1.807) is 0 Å². The lowest BCUT2D eigenvalue weighted by atomic mass is 10.0. The molecule has 1 atom stereocenters. The van der Waals surface area contributed by atoms with Crippen LogP contribution in [0, 0.1) is 13.8 Å². The minimum atomic E-state index is -3.11. The van der Waals surface area contributed by atoms with Gasteiger partial charge in [0.25, 0.3) is 0 Å². The Bertz CT molecular complexity index is 1200. The number of methoxy groups -OCH3 is 2. The molecule has 0 amide bonds. The number of aliphatic hydroxyl groups is 1. The van der Waals surface area contributed by atoms with Crippen molar-refractivity contribution in [2.45, 2.75) is 45.6 Å². The lowest BCUT2D eigenvalue weighted by Crippen LogP contribution is -2.17. The fraction of sp³-hybridized carbons (Fsp3) is 0.455. The molecule has 0 radical (unpaired) electrons. The molecular weight excluding hydrogens is 328 g/mol. The Labute approximate surface area is 175 Å². The standard InChI is InChI=1S/C22H30O4/c1-16-9-11-20(13-17(16)2)26-15-19(23)8-6-5-7-18-10-12-21(24-3)22(14-18)25-4/h9-14,19,23H,5-8,15H2,1-4H3/i4D3,8D2,9D,10D,11D,12D,13D,14D,15D2. The molecule has 0 aliphatic heterocycles. The summed E-state index contributed by atoms with van der Waals surface area (Å²) in [5.74, 6) is -1.59. The Balaban J connectivity index is 2.29. The smallest absolute Gasteiger partial charge is 0.160 e. The molecule has 0 bridgehead atoms. The molecule has 0 saturated carbocycles. The summed E-state index contributed by atoms with van der Waals surface area (Å²) in [4.78, 5) is 0. The minimum Gasteiger partial charge on any atom is -0.493 e. The summed E-state index contributed by atoms with van der Waals surface area (Å²) in [6, 6.07) is -2.75. The summed E-state index contributed by atoms with van der Waals surface area (Å²) in [7, 11) is -1.85. The monoisotopic (exact) mass is 371 g/mol. The first-order valence-corrected chi connectivity index (χ1v) is 7.97. The predicted molar refractivity (Wildman–Crippen MR) is 105 cm³/mol. The molecule has 0 fully saturated rings. The van der Waals surface area contributed by atoms with E-state index in [-0.39, 0.29) is 36.1 Å². The third-order valence-corrected chi connectivity index (χ3v) is 3.54. The second kappa shape index (κ2) is 10.1. The van der Waals surface area contributed by atoms with Gasteiger partial charge in [-0.15, -0.1) is 0 Å². The van der Waals surface area contributed by atoms with Gasteiger partial charge < -0.3 is 19.3 Å². The highest BCUT2D eigenvalue weighted by atomic mass is 16.5. The number of aliphatic hydroxyl groups excluding tert-OH is 1. The van der Waals surface area contributed by atoms with E-state index in [1.165, 1.54) is 13.8 Å². The third kappa shape index (κ3) is 5.95. The van der Waals surface area contributed by atoms with Gasteiger partial charge >= 0.3 is 0 Å². The predicted octanol–water partition coefficient (Wildman–Crippen LogP) is 4.47. The fourth-order valence-corrected chi connectivity index (χ4v) is 2.01. The van der Waals surface area contributed by atoms with Crippen molar-refractivity contribution in [3.63, 3.8) is 0 Å². The Morgan fingerprint density at radius 3 is 2.69 bits per heavy atom. The van der Waals surface area contributed by atoms with Gasteiger partial charge in [-0.3, -0.25) is 0 Å². The van der Waals surface area contributed by atoms with Crippen LogP contribution in [0.25, 0.3) is 0 Å². The molecule has 2 aromatic carbocycles. The first kappa shape index (κ1) is 8.66. The molecular formula is C22H30O4. The van der Waals surface area contributed by atoms with Crippen LogP contribution in [0.5, 0.6) is 17.2 Å². The minimum absolute atomic E-state index is 0.125. The van der Waals surface area contributed by atoms with Crippen molar-refractivity contribution in [2.75, 3.05) is 20.7 Å². The largest absolute Gasteiger partial charge is 0.493 e. The van der Waals surface area contributed by atoms with Crippen molar-refractivity contribution in [3.05, 3.63) is 52.9 Å². The molecule has 0 saturated heterocycles. The molecule has 0 aliphatic carbocycles. The molecule has 0 heterocycles. The van der Waals surface area contributed by atoms with Crippen LogP contribution in [0.15, 0.2) is 36.3 Å². The zero-order valence-electron chi connectivity index (χ0n) is 27.9. The van der Waals surface area contributed by atoms with Crippen molar-refractivity contribution in [3.8, 4) is 17.2 Å². The van der Waals surface area contributed by atoms with Crippen LogP contribution in [0.1, 0.15) is 53.7 Å². The van der Waals surface area contributed by atoms with Gasteiger partial charge in [0, 0.05) is 2.74 Å². The fourth-order valence-electron chi connectivity index (χ4n) is 2.01. The maximum absolute atomic E-state index is 10.6. The van der Waals surface area contributed by atoms with E-state index in [1.807, 2.05) is 0 Å². The number of ether oxygens (including phenoxy) is 3. The summed E-state index contributed by atoms with van der Waals surface area (Å²) < 4.78 is 118. The Morgan fingerprint density at radius 2 is 1.92 bits per heavy atom. The summed E-state index contributed by atoms with van der Waals surface area (Å²) in [6.07, 6.45) is -5.94. The van der Waals surface area contributed by atoms with Crippen LogP contribution < -0.4 is 14.2 Å². The SMILES string of the molecule is [2H]c1c([2H])c(OC([2H])([2H])C(O)C([2H])([2H])CCCc2c([2H])c([2H])c(OC)c(OC([2H])([2H])[2H])c2[2H])c([2H])c(C)c1C. The average molecular weight is 372 g/mol. The third-order valence-electron chi connectivity index (χ3n) is 3.54. The van der Waals surface area contributed by atoms with E-state index in [4.69, 9.17) is 32.0 Å². The Hall–Kier alpha value is -2.20. The van der Waals surface area contributed by atoms with E-state index in [0.29, 0.717) is 5.56 Å². The highest BCUT2D eigenvalue weighted by Crippen LogP contribution is 2.28. The van der Waals surface area contributed by atoms with Crippen molar-refractivity contribution in [2.24, 2.45) is 0 Å². The van der Waals surface area contributed by atoms with Gasteiger partial charge in [0.2, 0.25) is 0 Å². The molecule has 0 aromatic heterocycles. The van der Waals surface area contributed by atoms with Crippen molar-refractivity contribution in [1.82, 2.24) is 0 Å². The highest BCUT2D eigenvalue weighted by molar-refractivity contribution is 5.42. The zero-order valence-corrected chi connectivity index (χ0v) is 14.9. The van der Waals surface area contributed by atoms with Crippen molar-refractivity contribution in [1.29, 1.82) is 0 Å². The molecule has 142 valence electrons. The average Bonchev–Trinajstić information content (AvgIpc) is 2.83. The van der Waals surface area contributed by atoms with E-state index >= 15 is 0 Å². The van der Waals surface area contributed by atoms with Gasteiger partial charge in [-0.05, 0) is 73.9 Å². The molecule has 2 aromatic rings. The molecule has 1 N–H and O–H groups in total. The van der Waals surface area contributed by atoms with Crippen LogP contribution in [0.4, 0.5) is 0 Å². The molecule has 0 aliphatic rings. The van der Waals surface area contributed by atoms with E-state index in [2.05, 4.69) is 0 Å². The van der Waals surface area contributed by atoms with Crippen LogP contribution in [0.3, 0.4) is 0 Å². The molecule has 26 heavy (non-hydrogen) atoms. The summed E-state index contributed by atoms with van der Waals surface area (Å²) in [5.41, 5.74) is 0.477. The summed E-state index contributed by atoms with van der Waals surface area (Å²) >= 11 is 0. The zero-order chi connectivity index (χ0) is 30.2. The topological polar surface area (TPSA) is 47.9 Å². The normalized spacial score (nSPS) is 20.7. The van der Waals surface area contributed by atoms with Gasteiger partial charge in [0.05, 0.1) is 35.3 Å². The van der Waals surface area contributed by atoms with Crippen molar-refractivity contribution < 1.29 is 37.1 Å². The van der Waals surface area contributed by atoms with Gasteiger partial charge in [0.1, 0.15) is 12.3 Å². The Kier molecular flexibility index (Phi) is 3.35. The molecule has 0 spiro atoms. The lowest BCUT2D eigenvalue weighted by Gasteiger charge is -2.13. The van der Waals surface area contributed by atoms with Crippen LogP contribution in [0.2, 0.25) is 0 Å². The molecule has 1 unspecified atom stereocenters. The number of rotatable bonds is 10. The second-order valence-corrected chi connectivity index (χ2v) is 5.45. The number of hydrogen-bond acceptors (Lipinski definition) is 4. The second-order valence-electron chi connectivity index (χ2n) is 5.45. The summed E-state index contributed by atoms with van der Waals surface area (Å²) in [5, 5.41) is 10.6. The lowest BCUT2D eigenvalue weighted by molar-refractivity contribution is 0.0976. The Morgan fingerprint density at radius 1 is 1.08 bits per heavy atom. The van der Waals surface area contributed by atoms with Gasteiger partial charge in [0.15, 0.2) is 11.5 Å². The van der Waals surface area contributed by atoms with Gasteiger partial charge in [-0.1, -0.05) is 18.5 Å². The highest BCUT2D eigenvalue weighted by Gasteiger charge is 2.07.